The lowest BCUT2D eigenvalue weighted by Crippen LogP contribution is -2.04. The zero-order valence-electron chi connectivity index (χ0n) is 6.37. The third-order valence-electron chi connectivity index (χ3n) is 1.35. The third-order valence-corrected chi connectivity index (χ3v) is 1.65. The average Bonchev–Trinajstić information content (AvgIpc) is 1.97. The van der Waals surface area contributed by atoms with Gasteiger partial charge in [-0.15, -0.1) is 0 Å². The van der Waals surface area contributed by atoms with Crippen LogP contribution in [0.15, 0.2) is 18.2 Å². The molecule has 12 heavy (non-hydrogen) atoms. The van der Waals surface area contributed by atoms with E-state index in [0.717, 1.165) is 0 Å². The standard InChI is InChI=1S/C8H7ClO3/c1-5-3-2-4-6(9)7(5)12-8(10)11/h2-4H,1H3,(H,10,11). The summed E-state index contributed by atoms with van der Waals surface area (Å²) in [6.45, 7) is 1.73. The van der Waals surface area contributed by atoms with Crippen molar-refractivity contribution in [1.82, 2.24) is 0 Å². The topological polar surface area (TPSA) is 46.5 Å². The highest BCUT2D eigenvalue weighted by molar-refractivity contribution is 6.32. The minimum Gasteiger partial charge on any atom is -0.449 e. The summed E-state index contributed by atoms with van der Waals surface area (Å²) in [5, 5.41) is 8.64. The van der Waals surface area contributed by atoms with Crippen LogP contribution in [0.25, 0.3) is 0 Å². The zero-order valence-corrected chi connectivity index (χ0v) is 7.13. The largest absolute Gasteiger partial charge is 0.511 e. The van der Waals surface area contributed by atoms with Crippen LogP contribution in [0.4, 0.5) is 4.79 Å². The second-order valence-electron chi connectivity index (χ2n) is 2.25. The van der Waals surface area contributed by atoms with E-state index in [-0.39, 0.29) is 5.75 Å². The maximum Gasteiger partial charge on any atom is 0.511 e. The van der Waals surface area contributed by atoms with Crippen molar-refractivity contribution in [3.63, 3.8) is 0 Å². The van der Waals surface area contributed by atoms with Crippen molar-refractivity contribution in [2.45, 2.75) is 6.92 Å². The number of aryl methyl sites for hydroxylation is 1. The number of para-hydroxylation sites is 1. The Morgan fingerprint density at radius 2 is 2.25 bits per heavy atom. The monoisotopic (exact) mass is 186 g/mol. The lowest BCUT2D eigenvalue weighted by molar-refractivity contribution is 0.144. The molecule has 0 aliphatic rings. The first kappa shape index (κ1) is 8.87. The molecule has 0 aliphatic carbocycles. The molecule has 0 aliphatic heterocycles. The molecule has 1 N–H and O–H groups in total. The molecule has 0 spiro atoms. The van der Waals surface area contributed by atoms with Crippen LogP contribution in [-0.4, -0.2) is 11.3 Å². The van der Waals surface area contributed by atoms with Crippen molar-refractivity contribution in [2.75, 3.05) is 0 Å². The molecular weight excluding hydrogens is 180 g/mol. The predicted octanol–water partition coefficient (Wildman–Crippen LogP) is 2.71. The van der Waals surface area contributed by atoms with E-state index >= 15 is 0 Å². The molecule has 0 heterocycles. The molecule has 0 amide bonds. The molecule has 1 rings (SSSR count). The number of rotatable bonds is 1. The van der Waals surface area contributed by atoms with E-state index in [9.17, 15) is 4.79 Å². The number of carbonyl (C=O) groups is 1. The summed E-state index contributed by atoms with van der Waals surface area (Å²) in [6.07, 6.45) is -1.36. The van der Waals surface area contributed by atoms with Crippen LogP contribution in [0.1, 0.15) is 5.56 Å². The number of carboxylic acid groups (broad SMARTS) is 1. The molecule has 0 fully saturated rings. The fourth-order valence-corrected chi connectivity index (χ4v) is 1.09. The minimum absolute atomic E-state index is 0.201. The Bertz CT molecular complexity index is 289. The Labute approximate surface area is 74.5 Å². The smallest absolute Gasteiger partial charge is 0.449 e. The summed E-state index contributed by atoms with van der Waals surface area (Å²) < 4.78 is 4.46. The van der Waals surface area contributed by atoms with Gasteiger partial charge in [0.05, 0.1) is 5.02 Å². The van der Waals surface area contributed by atoms with Crippen molar-refractivity contribution in [1.29, 1.82) is 0 Å². The maximum absolute atomic E-state index is 10.2. The van der Waals surface area contributed by atoms with Crippen LogP contribution in [0.5, 0.6) is 5.75 Å². The summed E-state index contributed by atoms with van der Waals surface area (Å²) in [5.41, 5.74) is 0.699. The van der Waals surface area contributed by atoms with E-state index in [0.29, 0.717) is 10.6 Å². The first-order chi connectivity index (χ1) is 5.61. The van der Waals surface area contributed by atoms with E-state index < -0.39 is 6.16 Å². The molecule has 4 heteroatoms. The van der Waals surface area contributed by atoms with Crippen LogP contribution >= 0.6 is 11.6 Å². The number of hydrogen-bond acceptors (Lipinski definition) is 2. The van der Waals surface area contributed by atoms with Crippen molar-refractivity contribution >= 4 is 17.8 Å². The normalized spacial score (nSPS) is 9.50. The van der Waals surface area contributed by atoms with Crippen LogP contribution in [0, 0.1) is 6.92 Å². The molecule has 3 nitrogen and oxygen atoms in total. The molecule has 0 radical (unpaired) electrons. The highest BCUT2D eigenvalue weighted by atomic mass is 35.5. The Morgan fingerprint density at radius 3 is 2.75 bits per heavy atom. The van der Waals surface area contributed by atoms with Gasteiger partial charge in [0.15, 0.2) is 5.75 Å². The van der Waals surface area contributed by atoms with Gasteiger partial charge in [0, 0.05) is 0 Å². The summed E-state index contributed by atoms with van der Waals surface area (Å²) >= 11 is 5.69. The van der Waals surface area contributed by atoms with Gasteiger partial charge in [-0.05, 0) is 18.6 Å². The van der Waals surface area contributed by atoms with Crippen LogP contribution in [0.3, 0.4) is 0 Å². The molecule has 0 saturated carbocycles. The molecule has 64 valence electrons. The minimum atomic E-state index is -1.36. The SMILES string of the molecule is Cc1cccc(Cl)c1OC(=O)O. The van der Waals surface area contributed by atoms with E-state index in [1.54, 1.807) is 25.1 Å². The Hall–Kier alpha value is -1.22. The van der Waals surface area contributed by atoms with E-state index in [1.807, 2.05) is 0 Å². The van der Waals surface area contributed by atoms with Crippen LogP contribution in [0.2, 0.25) is 5.02 Å². The molecule has 0 bridgehead atoms. The highest BCUT2D eigenvalue weighted by Gasteiger charge is 2.08. The van der Waals surface area contributed by atoms with Crippen LogP contribution in [-0.2, 0) is 0 Å². The van der Waals surface area contributed by atoms with Crippen molar-refractivity contribution in [3.8, 4) is 5.75 Å². The molecule has 1 aromatic carbocycles. The zero-order chi connectivity index (χ0) is 9.14. The highest BCUT2D eigenvalue weighted by Crippen LogP contribution is 2.27. The molecular formula is C8H7ClO3. The number of hydrogen-bond donors (Lipinski definition) is 1. The lowest BCUT2D eigenvalue weighted by atomic mass is 10.2. The van der Waals surface area contributed by atoms with E-state index in [1.165, 1.54) is 0 Å². The summed E-state index contributed by atoms with van der Waals surface area (Å²) in [7, 11) is 0. The van der Waals surface area contributed by atoms with E-state index in [4.69, 9.17) is 16.7 Å². The third kappa shape index (κ3) is 1.89. The number of ether oxygens (including phenoxy) is 1. The summed E-state index contributed by atoms with van der Waals surface area (Å²) in [4.78, 5) is 10.2. The van der Waals surface area contributed by atoms with E-state index in [2.05, 4.69) is 4.74 Å². The molecule has 0 atom stereocenters. The molecule has 0 saturated heterocycles. The van der Waals surface area contributed by atoms with Gasteiger partial charge >= 0.3 is 6.16 Å². The summed E-state index contributed by atoms with van der Waals surface area (Å²) in [6, 6.07) is 5.03. The second kappa shape index (κ2) is 3.45. The maximum atomic E-state index is 10.2. The average molecular weight is 187 g/mol. The molecule has 0 unspecified atom stereocenters. The first-order valence-electron chi connectivity index (χ1n) is 3.27. The van der Waals surface area contributed by atoms with Crippen molar-refractivity contribution in [3.05, 3.63) is 28.8 Å². The number of benzene rings is 1. The van der Waals surface area contributed by atoms with Gasteiger partial charge in [-0.2, -0.15) is 0 Å². The van der Waals surface area contributed by atoms with Gasteiger partial charge < -0.3 is 9.84 Å². The van der Waals surface area contributed by atoms with Gasteiger partial charge in [-0.25, -0.2) is 4.79 Å². The van der Waals surface area contributed by atoms with Crippen LogP contribution < -0.4 is 4.74 Å². The van der Waals surface area contributed by atoms with Crippen molar-refractivity contribution < 1.29 is 14.6 Å². The quantitative estimate of drug-likeness (QED) is 0.542. The van der Waals surface area contributed by atoms with Gasteiger partial charge in [-0.1, -0.05) is 23.7 Å². The first-order valence-corrected chi connectivity index (χ1v) is 3.65. The Balaban J connectivity index is 3.04. The predicted molar refractivity (Wildman–Crippen MR) is 44.8 cm³/mol. The summed E-state index contributed by atoms with van der Waals surface area (Å²) in [5.74, 6) is 0.201. The Morgan fingerprint density at radius 1 is 1.58 bits per heavy atom. The van der Waals surface area contributed by atoms with Gasteiger partial charge in [0.25, 0.3) is 0 Å². The van der Waals surface area contributed by atoms with Crippen molar-refractivity contribution in [2.24, 2.45) is 0 Å². The van der Waals surface area contributed by atoms with Gasteiger partial charge in [0.1, 0.15) is 0 Å². The van der Waals surface area contributed by atoms with Gasteiger partial charge in [-0.3, -0.25) is 0 Å². The Kier molecular flexibility index (Phi) is 2.55. The fraction of sp³-hybridized carbons (Fsp3) is 0.125. The molecule has 0 aromatic heterocycles. The fourth-order valence-electron chi connectivity index (χ4n) is 0.833. The second-order valence-corrected chi connectivity index (χ2v) is 2.66. The lowest BCUT2D eigenvalue weighted by Gasteiger charge is -2.04. The number of halogens is 1. The molecule has 1 aromatic rings. The van der Waals surface area contributed by atoms with Gasteiger partial charge in [0.2, 0.25) is 0 Å².